The number of carbonyl (C=O) groups excluding carboxylic acids is 1. The van der Waals surface area contributed by atoms with E-state index in [0.29, 0.717) is 18.6 Å². The van der Waals surface area contributed by atoms with E-state index in [0.717, 1.165) is 12.1 Å². The summed E-state index contributed by atoms with van der Waals surface area (Å²) in [6.45, 7) is 0.702. The molecule has 0 aliphatic carbocycles. The molecule has 1 fully saturated rings. The Hall–Kier alpha value is -2.09. The molecule has 126 valence electrons. The van der Waals surface area contributed by atoms with Gasteiger partial charge < -0.3 is 15.2 Å². The molecule has 2 rings (SSSR count). The van der Waals surface area contributed by atoms with Crippen LogP contribution in [0.5, 0.6) is 0 Å². The van der Waals surface area contributed by atoms with Crippen molar-refractivity contribution in [2.24, 2.45) is 5.92 Å². The minimum Gasteiger partial charge on any atom is -0.480 e. The summed E-state index contributed by atoms with van der Waals surface area (Å²) in [5.74, 6) is -2.04. The Balaban J connectivity index is 2.01. The highest BCUT2D eigenvalue weighted by Crippen LogP contribution is 2.29. The number of nitrogens with one attached hydrogen (secondary N) is 1. The average Bonchev–Trinajstić information content (AvgIpc) is 3.00. The van der Waals surface area contributed by atoms with Crippen LogP contribution in [-0.2, 0) is 26.9 Å². The van der Waals surface area contributed by atoms with Gasteiger partial charge in [-0.05, 0) is 24.1 Å². The molecular weight excluding hydrogens is 315 g/mol. The van der Waals surface area contributed by atoms with Gasteiger partial charge in [0.2, 0.25) is 5.91 Å². The average molecular weight is 331 g/mol. The van der Waals surface area contributed by atoms with Crippen molar-refractivity contribution in [1.29, 1.82) is 0 Å². The van der Waals surface area contributed by atoms with Crippen LogP contribution in [0.15, 0.2) is 24.3 Å². The van der Waals surface area contributed by atoms with E-state index in [-0.39, 0.29) is 18.9 Å². The Labute approximate surface area is 130 Å². The van der Waals surface area contributed by atoms with Crippen LogP contribution in [0.4, 0.5) is 13.2 Å². The standard InChI is InChI=1S/C15H16F3NO4/c16-15(17,18)11-3-1-9(2-4-11)7-12(14(21)22)19-13(20)10-5-6-23-8-10/h1-4,10,12H,5-8H2,(H,19,20)(H,21,22)/t10-,12+/m1/s1. The van der Waals surface area contributed by atoms with Crippen LogP contribution in [0.3, 0.4) is 0 Å². The summed E-state index contributed by atoms with van der Waals surface area (Å²) in [6.07, 6.45) is -4.01. The fraction of sp³-hybridized carbons (Fsp3) is 0.467. The number of carboxylic acid groups (broad SMARTS) is 1. The number of alkyl halides is 3. The van der Waals surface area contributed by atoms with Gasteiger partial charge >= 0.3 is 12.1 Å². The molecule has 1 aliphatic rings. The molecule has 0 aromatic heterocycles. The summed E-state index contributed by atoms with van der Waals surface area (Å²) in [6, 6.07) is 3.01. The molecule has 0 bridgehead atoms. The third-order valence-electron chi connectivity index (χ3n) is 3.64. The summed E-state index contributed by atoms with van der Waals surface area (Å²) in [4.78, 5) is 23.2. The third-order valence-corrected chi connectivity index (χ3v) is 3.64. The molecule has 2 N–H and O–H groups in total. The van der Waals surface area contributed by atoms with Gasteiger partial charge in [-0.3, -0.25) is 4.79 Å². The van der Waals surface area contributed by atoms with Crippen molar-refractivity contribution in [2.75, 3.05) is 13.2 Å². The molecule has 8 heteroatoms. The van der Waals surface area contributed by atoms with Gasteiger partial charge in [0.1, 0.15) is 6.04 Å². The highest BCUT2D eigenvalue weighted by Gasteiger charge is 2.31. The maximum absolute atomic E-state index is 12.5. The van der Waals surface area contributed by atoms with E-state index in [1.165, 1.54) is 12.1 Å². The molecule has 1 aromatic rings. The maximum Gasteiger partial charge on any atom is 0.416 e. The number of halogens is 3. The first-order valence-electron chi connectivity index (χ1n) is 7.04. The zero-order valence-corrected chi connectivity index (χ0v) is 12.1. The second-order valence-electron chi connectivity index (χ2n) is 5.36. The number of benzene rings is 1. The molecule has 1 aliphatic heterocycles. The Morgan fingerprint density at radius 2 is 1.96 bits per heavy atom. The van der Waals surface area contributed by atoms with Gasteiger partial charge in [-0.25, -0.2) is 4.79 Å². The number of hydrogen-bond donors (Lipinski definition) is 2. The largest absolute Gasteiger partial charge is 0.480 e. The topological polar surface area (TPSA) is 75.6 Å². The van der Waals surface area contributed by atoms with Gasteiger partial charge in [0.05, 0.1) is 18.1 Å². The summed E-state index contributed by atoms with van der Waals surface area (Å²) >= 11 is 0. The molecular formula is C15H16F3NO4. The van der Waals surface area contributed by atoms with E-state index in [2.05, 4.69) is 5.32 Å². The van der Waals surface area contributed by atoms with E-state index in [1.54, 1.807) is 0 Å². The van der Waals surface area contributed by atoms with Gasteiger partial charge in [0.15, 0.2) is 0 Å². The van der Waals surface area contributed by atoms with Crippen molar-refractivity contribution in [3.05, 3.63) is 35.4 Å². The van der Waals surface area contributed by atoms with E-state index in [1.807, 2.05) is 0 Å². The van der Waals surface area contributed by atoms with E-state index >= 15 is 0 Å². The second-order valence-corrected chi connectivity index (χ2v) is 5.36. The molecule has 0 unspecified atom stereocenters. The minimum atomic E-state index is -4.44. The molecule has 0 radical (unpaired) electrons. The number of hydrogen-bond acceptors (Lipinski definition) is 3. The predicted octanol–water partition coefficient (Wildman–Crippen LogP) is 1.85. The van der Waals surface area contributed by atoms with Crippen LogP contribution >= 0.6 is 0 Å². The molecule has 0 saturated carbocycles. The van der Waals surface area contributed by atoms with Crippen molar-refractivity contribution in [2.45, 2.75) is 25.1 Å². The van der Waals surface area contributed by atoms with E-state index in [9.17, 15) is 27.9 Å². The van der Waals surface area contributed by atoms with E-state index < -0.39 is 29.7 Å². The molecule has 1 heterocycles. The fourth-order valence-electron chi connectivity index (χ4n) is 2.30. The molecule has 0 spiro atoms. The molecule has 23 heavy (non-hydrogen) atoms. The van der Waals surface area contributed by atoms with Crippen LogP contribution in [0, 0.1) is 5.92 Å². The summed E-state index contributed by atoms with van der Waals surface area (Å²) in [5, 5.41) is 11.6. The van der Waals surface area contributed by atoms with Gasteiger partial charge in [-0.1, -0.05) is 12.1 Å². The fourth-order valence-corrected chi connectivity index (χ4v) is 2.30. The molecule has 1 saturated heterocycles. The van der Waals surface area contributed by atoms with E-state index in [4.69, 9.17) is 4.74 Å². The minimum absolute atomic E-state index is 0.0905. The first-order chi connectivity index (χ1) is 10.8. The zero-order valence-electron chi connectivity index (χ0n) is 12.1. The van der Waals surface area contributed by atoms with Gasteiger partial charge in [0, 0.05) is 13.0 Å². The number of ether oxygens (including phenoxy) is 1. The SMILES string of the molecule is O=C(N[C@@H](Cc1ccc(C(F)(F)F)cc1)C(=O)O)[C@@H]1CCOC1. The number of carbonyl (C=O) groups is 2. The Morgan fingerprint density at radius 3 is 2.43 bits per heavy atom. The number of rotatable bonds is 5. The quantitative estimate of drug-likeness (QED) is 0.863. The molecule has 5 nitrogen and oxygen atoms in total. The second kappa shape index (κ2) is 6.99. The Morgan fingerprint density at radius 1 is 1.30 bits per heavy atom. The Kier molecular flexibility index (Phi) is 5.25. The van der Waals surface area contributed by atoms with Crippen molar-refractivity contribution < 1.29 is 32.6 Å². The monoisotopic (exact) mass is 331 g/mol. The number of amides is 1. The molecule has 1 aromatic carbocycles. The van der Waals surface area contributed by atoms with Gasteiger partial charge in [-0.2, -0.15) is 13.2 Å². The van der Waals surface area contributed by atoms with Crippen molar-refractivity contribution in [1.82, 2.24) is 5.32 Å². The van der Waals surface area contributed by atoms with Crippen molar-refractivity contribution in [3.8, 4) is 0 Å². The van der Waals surface area contributed by atoms with Crippen molar-refractivity contribution in [3.63, 3.8) is 0 Å². The first kappa shape index (κ1) is 17.3. The lowest BCUT2D eigenvalue weighted by Crippen LogP contribution is -2.45. The highest BCUT2D eigenvalue weighted by molar-refractivity contribution is 5.85. The lowest BCUT2D eigenvalue weighted by atomic mass is 10.0. The Bertz CT molecular complexity index is 565. The first-order valence-corrected chi connectivity index (χ1v) is 7.04. The van der Waals surface area contributed by atoms with Crippen LogP contribution in [-0.4, -0.2) is 36.2 Å². The van der Waals surface area contributed by atoms with Gasteiger partial charge in [-0.15, -0.1) is 0 Å². The van der Waals surface area contributed by atoms with Crippen LogP contribution in [0.25, 0.3) is 0 Å². The number of aliphatic carboxylic acids is 1. The highest BCUT2D eigenvalue weighted by atomic mass is 19.4. The number of carboxylic acids is 1. The predicted molar refractivity (Wildman–Crippen MR) is 73.6 cm³/mol. The summed E-state index contributed by atoms with van der Waals surface area (Å²) in [7, 11) is 0. The normalized spacial score (nSPS) is 19.3. The lowest BCUT2D eigenvalue weighted by Gasteiger charge is -2.17. The van der Waals surface area contributed by atoms with Crippen LogP contribution < -0.4 is 5.32 Å². The smallest absolute Gasteiger partial charge is 0.416 e. The van der Waals surface area contributed by atoms with Crippen molar-refractivity contribution >= 4 is 11.9 Å². The summed E-state index contributed by atoms with van der Waals surface area (Å²) in [5.41, 5.74) is -0.409. The van der Waals surface area contributed by atoms with Crippen LogP contribution in [0.1, 0.15) is 17.5 Å². The lowest BCUT2D eigenvalue weighted by molar-refractivity contribution is -0.142. The third kappa shape index (κ3) is 4.69. The van der Waals surface area contributed by atoms with Gasteiger partial charge in [0.25, 0.3) is 0 Å². The maximum atomic E-state index is 12.5. The summed E-state index contributed by atoms with van der Waals surface area (Å²) < 4.78 is 42.5. The zero-order chi connectivity index (χ0) is 17.0. The molecule has 1 amide bonds. The molecule has 2 atom stereocenters. The van der Waals surface area contributed by atoms with Crippen LogP contribution in [0.2, 0.25) is 0 Å².